The Labute approximate surface area is 111 Å². The van der Waals surface area contributed by atoms with E-state index < -0.39 is 0 Å². The van der Waals surface area contributed by atoms with Crippen LogP contribution in [0.5, 0.6) is 0 Å². The number of nitrogens with zero attached hydrogens (tertiary/aromatic N) is 2. The van der Waals surface area contributed by atoms with Crippen LogP contribution in [-0.2, 0) is 0 Å². The van der Waals surface area contributed by atoms with E-state index in [9.17, 15) is 0 Å². The maximum absolute atomic E-state index is 4.20. The first kappa shape index (κ1) is 13.5. The normalized spacial score (nSPS) is 31.2. The summed E-state index contributed by atoms with van der Waals surface area (Å²) in [5, 5.41) is 3.77. The molecular formula is C15H25N3. The molecule has 1 aliphatic heterocycles. The molecule has 0 radical (unpaired) electrons. The molecule has 1 fully saturated rings. The Balaban J connectivity index is 1.97. The maximum atomic E-state index is 4.20. The number of pyridine rings is 1. The van der Waals surface area contributed by atoms with Crippen molar-refractivity contribution < 1.29 is 0 Å². The number of hydrogen-bond acceptors (Lipinski definition) is 3. The second kappa shape index (κ2) is 5.81. The minimum atomic E-state index is 0.377. The monoisotopic (exact) mass is 247 g/mol. The molecule has 1 aliphatic rings. The van der Waals surface area contributed by atoms with Crippen LogP contribution in [0.4, 0.5) is 0 Å². The minimum absolute atomic E-state index is 0.377. The van der Waals surface area contributed by atoms with Crippen molar-refractivity contribution in [1.29, 1.82) is 0 Å². The first-order valence-corrected chi connectivity index (χ1v) is 6.94. The molecule has 1 saturated heterocycles. The molecule has 1 N–H and O–H groups in total. The van der Waals surface area contributed by atoms with Gasteiger partial charge in [0.25, 0.3) is 0 Å². The van der Waals surface area contributed by atoms with E-state index in [0.29, 0.717) is 24.0 Å². The molecule has 0 aromatic carbocycles. The van der Waals surface area contributed by atoms with Gasteiger partial charge in [-0.05, 0) is 44.9 Å². The Morgan fingerprint density at radius 2 is 2.22 bits per heavy atom. The first-order chi connectivity index (χ1) is 8.58. The minimum Gasteiger partial charge on any atom is -0.307 e. The topological polar surface area (TPSA) is 28.2 Å². The Morgan fingerprint density at radius 1 is 1.44 bits per heavy atom. The van der Waals surface area contributed by atoms with Crippen molar-refractivity contribution in [2.45, 2.75) is 45.3 Å². The van der Waals surface area contributed by atoms with Crippen LogP contribution in [0.2, 0.25) is 0 Å². The van der Waals surface area contributed by atoms with Gasteiger partial charge in [-0.15, -0.1) is 0 Å². The van der Waals surface area contributed by atoms with Gasteiger partial charge in [0.2, 0.25) is 0 Å². The van der Waals surface area contributed by atoms with E-state index in [1.165, 1.54) is 18.5 Å². The van der Waals surface area contributed by atoms with Gasteiger partial charge < -0.3 is 10.2 Å². The molecule has 1 aromatic heterocycles. The van der Waals surface area contributed by atoms with Crippen LogP contribution >= 0.6 is 0 Å². The third-order valence-corrected chi connectivity index (χ3v) is 4.26. The van der Waals surface area contributed by atoms with Gasteiger partial charge in [0.05, 0.1) is 0 Å². The van der Waals surface area contributed by atoms with Crippen LogP contribution in [0.25, 0.3) is 0 Å². The molecule has 0 bridgehead atoms. The summed E-state index contributed by atoms with van der Waals surface area (Å²) in [6.45, 7) is 8.07. The molecule has 4 atom stereocenters. The van der Waals surface area contributed by atoms with Crippen molar-refractivity contribution in [2.24, 2.45) is 5.92 Å². The molecule has 0 saturated carbocycles. The highest BCUT2D eigenvalue weighted by molar-refractivity contribution is 5.13. The van der Waals surface area contributed by atoms with Crippen molar-refractivity contribution in [1.82, 2.24) is 15.2 Å². The number of piperidine rings is 1. The number of hydrogen-bond donors (Lipinski definition) is 1. The fraction of sp³-hybridized carbons (Fsp3) is 0.667. The van der Waals surface area contributed by atoms with Crippen molar-refractivity contribution in [3.05, 3.63) is 30.1 Å². The smallest absolute Gasteiger partial charge is 0.0315 e. The fourth-order valence-corrected chi connectivity index (χ4v) is 2.82. The second-order valence-electron chi connectivity index (χ2n) is 5.78. The van der Waals surface area contributed by atoms with Crippen LogP contribution in [0.15, 0.2) is 24.5 Å². The number of likely N-dealkylation sites (tertiary alicyclic amines) is 1. The zero-order valence-corrected chi connectivity index (χ0v) is 11.9. The zero-order valence-electron chi connectivity index (χ0n) is 11.9. The van der Waals surface area contributed by atoms with Gasteiger partial charge in [-0.25, -0.2) is 0 Å². The Hall–Kier alpha value is -0.930. The highest BCUT2D eigenvalue weighted by Crippen LogP contribution is 2.23. The maximum Gasteiger partial charge on any atom is 0.0315 e. The quantitative estimate of drug-likeness (QED) is 0.889. The van der Waals surface area contributed by atoms with Gasteiger partial charge >= 0.3 is 0 Å². The van der Waals surface area contributed by atoms with Gasteiger partial charge in [-0.2, -0.15) is 0 Å². The Bertz CT molecular complexity index is 365. The second-order valence-corrected chi connectivity index (χ2v) is 5.78. The summed E-state index contributed by atoms with van der Waals surface area (Å²) in [5.74, 6) is 0.699. The summed E-state index contributed by atoms with van der Waals surface area (Å²) in [6, 6.07) is 5.80. The molecule has 3 nitrogen and oxygen atoms in total. The third-order valence-electron chi connectivity index (χ3n) is 4.26. The summed E-state index contributed by atoms with van der Waals surface area (Å²) in [7, 11) is 2.22. The van der Waals surface area contributed by atoms with Crippen molar-refractivity contribution in [2.75, 3.05) is 13.6 Å². The molecule has 18 heavy (non-hydrogen) atoms. The SMILES string of the molecule is CC1CN(C)C(C)CC1N[C@@H](C)c1cccnc1. The predicted octanol–water partition coefficient (Wildman–Crippen LogP) is 2.46. The number of rotatable bonds is 3. The molecule has 2 rings (SSSR count). The van der Waals surface area contributed by atoms with Gasteiger partial charge in [0, 0.05) is 37.1 Å². The third kappa shape index (κ3) is 3.09. The lowest BCUT2D eigenvalue weighted by molar-refractivity contribution is 0.116. The van der Waals surface area contributed by atoms with Gasteiger partial charge in [-0.3, -0.25) is 4.98 Å². The van der Waals surface area contributed by atoms with E-state index in [4.69, 9.17) is 0 Å². The standard InChI is InChI=1S/C15H25N3/c1-11-10-18(4)12(2)8-15(11)17-13(3)14-6-5-7-16-9-14/h5-7,9,11-13,15,17H,8,10H2,1-4H3/t11?,12?,13-,15?/m0/s1. The summed E-state index contributed by atoms with van der Waals surface area (Å²) >= 11 is 0. The van der Waals surface area contributed by atoms with Crippen LogP contribution in [0.1, 0.15) is 38.8 Å². The van der Waals surface area contributed by atoms with E-state index >= 15 is 0 Å². The van der Waals surface area contributed by atoms with Crippen LogP contribution < -0.4 is 5.32 Å². The van der Waals surface area contributed by atoms with E-state index in [-0.39, 0.29) is 0 Å². The Morgan fingerprint density at radius 3 is 2.89 bits per heavy atom. The average molecular weight is 247 g/mol. The largest absolute Gasteiger partial charge is 0.307 e. The lowest BCUT2D eigenvalue weighted by Gasteiger charge is -2.41. The van der Waals surface area contributed by atoms with E-state index in [2.05, 4.69) is 49.1 Å². The number of nitrogens with one attached hydrogen (secondary N) is 1. The molecule has 1 aromatic rings. The molecule has 3 heteroatoms. The van der Waals surface area contributed by atoms with Crippen molar-refractivity contribution >= 4 is 0 Å². The van der Waals surface area contributed by atoms with Crippen LogP contribution in [0, 0.1) is 5.92 Å². The van der Waals surface area contributed by atoms with Gasteiger partial charge in [-0.1, -0.05) is 13.0 Å². The van der Waals surface area contributed by atoms with Gasteiger partial charge in [0.1, 0.15) is 0 Å². The molecule has 3 unspecified atom stereocenters. The summed E-state index contributed by atoms with van der Waals surface area (Å²) in [5.41, 5.74) is 1.27. The summed E-state index contributed by atoms with van der Waals surface area (Å²) in [4.78, 5) is 6.65. The molecule has 100 valence electrons. The predicted molar refractivity (Wildman–Crippen MR) is 75.4 cm³/mol. The average Bonchev–Trinajstić information content (AvgIpc) is 2.37. The summed E-state index contributed by atoms with van der Waals surface area (Å²) < 4.78 is 0. The molecular weight excluding hydrogens is 222 g/mol. The molecule has 0 aliphatic carbocycles. The van der Waals surface area contributed by atoms with Crippen molar-refractivity contribution in [3.8, 4) is 0 Å². The fourth-order valence-electron chi connectivity index (χ4n) is 2.82. The summed E-state index contributed by atoms with van der Waals surface area (Å²) in [6.07, 6.45) is 5.01. The van der Waals surface area contributed by atoms with Crippen molar-refractivity contribution in [3.63, 3.8) is 0 Å². The van der Waals surface area contributed by atoms with E-state index in [1.54, 1.807) is 0 Å². The van der Waals surface area contributed by atoms with Crippen LogP contribution in [-0.4, -0.2) is 35.6 Å². The highest BCUT2D eigenvalue weighted by Gasteiger charge is 2.29. The van der Waals surface area contributed by atoms with Crippen LogP contribution in [0.3, 0.4) is 0 Å². The highest BCUT2D eigenvalue weighted by atomic mass is 15.2. The Kier molecular flexibility index (Phi) is 4.36. The zero-order chi connectivity index (χ0) is 13.1. The van der Waals surface area contributed by atoms with E-state index in [0.717, 1.165) is 0 Å². The van der Waals surface area contributed by atoms with Gasteiger partial charge in [0.15, 0.2) is 0 Å². The number of aromatic nitrogens is 1. The lowest BCUT2D eigenvalue weighted by Crippen LogP contribution is -2.51. The first-order valence-electron chi connectivity index (χ1n) is 6.94. The lowest BCUT2D eigenvalue weighted by atomic mass is 9.89. The molecule has 0 spiro atoms. The molecule has 2 heterocycles. The molecule has 0 amide bonds. The van der Waals surface area contributed by atoms with E-state index in [1.807, 2.05) is 18.5 Å².